The second-order valence-electron chi connectivity index (χ2n) is 6.19. The first kappa shape index (κ1) is 17.0. The number of nitrogens with zero attached hydrogens (tertiary/aromatic N) is 1. The molecule has 0 aliphatic rings. The van der Waals surface area contributed by atoms with Crippen LogP contribution in [0.4, 0.5) is 5.69 Å². The first-order valence-corrected chi connectivity index (χ1v) is 8.63. The van der Waals surface area contributed by atoms with E-state index in [0.29, 0.717) is 6.42 Å². The molecule has 3 aromatic rings. The van der Waals surface area contributed by atoms with E-state index in [1.54, 1.807) is 0 Å². The molecule has 0 spiro atoms. The van der Waals surface area contributed by atoms with Gasteiger partial charge in [-0.3, -0.25) is 9.89 Å². The van der Waals surface area contributed by atoms with Gasteiger partial charge in [0.15, 0.2) is 5.78 Å². The number of aryl methyl sites for hydroxylation is 1. The second-order valence-corrected chi connectivity index (χ2v) is 6.19. The molecule has 1 atom stereocenters. The normalized spacial score (nSPS) is 11.9. The zero-order chi connectivity index (χ0) is 17.6. The standard InChI is InChI=1S/C21H23N3O/c1-3-7-20(25)16-10-12-18(13-11-16)23-21(17-8-5-4-6-9-17)19-14-22-24-15(19)2/h4-6,8-14,21,23H,3,7H2,1-2H3,(H,22,24). The number of rotatable bonds is 7. The lowest BCUT2D eigenvalue weighted by molar-refractivity contribution is 0.0982. The Morgan fingerprint density at radius 2 is 1.84 bits per heavy atom. The lowest BCUT2D eigenvalue weighted by atomic mass is 9.99. The van der Waals surface area contributed by atoms with Crippen LogP contribution in [0, 0.1) is 6.92 Å². The summed E-state index contributed by atoms with van der Waals surface area (Å²) < 4.78 is 0. The fraction of sp³-hybridized carbons (Fsp3) is 0.238. The smallest absolute Gasteiger partial charge is 0.162 e. The maximum Gasteiger partial charge on any atom is 0.162 e. The van der Waals surface area contributed by atoms with Crippen LogP contribution in [0.3, 0.4) is 0 Å². The minimum absolute atomic E-state index is 0.00265. The minimum Gasteiger partial charge on any atom is -0.374 e. The van der Waals surface area contributed by atoms with E-state index in [-0.39, 0.29) is 11.8 Å². The van der Waals surface area contributed by atoms with Crippen LogP contribution in [-0.4, -0.2) is 16.0 Å². The molecule has 0 aliphatic carbocycles. The number of ketones is 1. The molecule has 0 radical (unpaired) electrons. The maximum atomic E-state index is 12.0. The number of carbonyl (C=O) groups excluding carboxylic acids is 1. The molecule has 0 aliphatic heterocycles. The summed E-state index contributed by atoms with van der Waals surface area (Å²) in [5, 5.41) is 10.7. The highest BCUT2D eigenvalue weighted by Crippen LogP contribution is 2.28. The fourth-order valence-corrected chi connectivity index (χ4v) is 2.93. The van der Waals surface area contributed by atoms with Crippen molar-refractivity contribution in [2.45, 2.75) is 32.7 Å². The largest absolute Gasteiger partial charge is 0.374 e. The molecule has 3 rings (SSSR count). The second kappa shape index (κ2) is 7.79. The van der Waals surface area contributed by atoms with Gasteiger partial charge >= 0.3 is 0 Å². The molecule has 2 N–H and O–H groups in total. The summed E-state index contributed by atoms with van der Waals surface area (Å²) in [6.07, 6.45) is 3.32. The lowest BCUT2D eigenvalue weighted by Crippen LogP contribution is -2.13. The predicted molar refractivity (Wildman–Crippen MR) is 101 cm³/mol. The predicted octanol–water partition coefficient (Wildman–Crippen LogP) is 4.90. The Bertz CT molecular complexity index is 822. The number of aromatic nitrogens is 2. The van der Waals surface area contributed by atoms with Crippen molar-refractivity contribution in [1.29, 1.82) is 0 Å². The molecule has 1 heterocycles. The molecule has 4 nitrogen and oxygen atoms in total. The number of H-pyrrole nitrogens is 1. The summed E-state index contributed by atoms with van der Waals surface area (Å²) in [5.41, 5.74) is 5.05. The highest BCUT2D eigenvalue weighted by molar-refractivity contribution is 5.96. The van der Waals surface area contributed by atoms with Gasteiger partial charge in [-0.15, -0.1) is 0 Å². The van der Waals surface area contributed by atoms with Crippen molar-refractivity contribution < 1.29 is 4.79 Å². The van der Waals surface area contributed by atoms with Crippen molar-refractivity contribution in [3.8, 4) is 0 Å². The lowest BCUT2D eigenvalue weighted by Gasteiger charge is -2.20. The van der Waals surface area contributed by atoms with Gasteiger partial charge in [-0.05, 0) is 43.2 Å². The average molecular weight is 333 g/mol. The van der Waals surface area contributed by atoms with Crippen LogP contribution in [0.1, 0.15) is 53.0 Å². The van der Waals surface area contributed by atoms with E-state index >= 15 is 0 Å². The number of hydrogen-bond acceptors (Lipinski definition) is 3. The number of aromatic amines is 1. The van der Waals surface area contributed by atoms with Gasteiger partial charge < -0.3 is 5.32 Å². The van der Waals surface area contributed by atoms with Gasteiger partial charge in [-0.25, -0.2) is 0 Å². The molecule has 0 amide bonds. The van der Waals surface area contributed by atoms with Gasteiger partial charge in [0, 0.05) is 28.9 Å². The Balaban J connectivity index is 1.86. The van der Waals surface area contributed by atoms with Gasteiger partial charge in [0.25, 0.3) is 0 Å². The Morgan fingerprint density at radius 1 is 1.12 bits per heavy atom. The van der Waals surface area contributed by atoms with Crippen molar-refractivity contribution in [2.24, 2.45) is 0 Å². The molecule has 25 heavy (non-hydrogen) atoms. The van der Waals surface area contributed by atoms with Crippen LogP contribution in [0.2, 0.25) is 0 Å². The van der Waals surface area contributed by atoms with Crippen LogP contribution in [0.25, 0.3) is 0 Å². The molecule has 4 heteroatoms. The number of benzene rings is 2. The summed E-state index contributed by atoms with van der Waals surface area (Å²) in [5.74, 6) is 0.194. The molecule has 0 saturated carbocycles. The monoisotopic (exact) mass is 333 g/mol. The van der Waals surface area contributed by atoms with Crippen molar-refractivity contribution in [3.05, 3.63) is 83.2 Å². The first-order chi connectivity index (χ1) is 12.2. The van der Waals surface area contributed by atoms with Gasteiger partial charge in [0.2, 0.25) is 0 Å². The third-order valence-electron chi connectivity index (χ3n) is 4.31. The van der Waals surface area contributed by atoms with Crippen LogP contribution >= 0.6 is 0 Å². The van der Waals surface area contributed by atoms with Crippen molar-refractivity contribution in [2.75, 3.05) is 5.32 Å². The van der Waals surface area contributed by atoms with Crippen molar-refractivity contribution in [1.82, 2.24) is 10.2 Å². The van der Waals surface area contributed by atoms with Crippen LogP contribution in [0.15, 0.2) is 60.8 Å². The molecular weight excluding hydrogens is 310 g/mol. The molecule has 0 fully saturated rings. The van der Waals surface area contributed by atoms with Crippen molar-refractivity contribution >= 4 is 11.5 Å². The van der Waals surface area contributed by atoms with Crippen LogP contribution in [-0.2, 0) is 0 Å². The summed E-state index contributed by atoms with van der Waals surface area (Å²) in [7, 11) is 0. The number of nitrogens with one attached hydrogen (secondary N) is 2. The average Bonchev–Trinajstić information content (AvgIpc) is 3.07. The van der Waals surface area contributed by atoms with E-state index in [2.05, 4.69) is 27.6 Å². The van der Waals surface area contributed by atoms with Gasteiger partial charge in [0.05, 0.1) is 12.2 Å². The molecule has 1 unspecified atom stereocenters. The number of anilines is 1. The van der Waals surface area contributed by atoms with Crippen molar-refractivity contribution in [3.63, 3.8) is 0 Å². The third kappa shape index (κ3) is 3.97. The van der Waals surface area contributed by atoms with Crippen LogP contribution in [0.5, 0.6) is 0 Å². The summed E-state index contributed by atoms with van der Waals surface area (Å²) >= 11 is 0. The minimum atomic E-state index is -0.00265. The number of hydrogen-bond donors (Lipinski definition) is 2. The van der Waals surface area contributed by atoms with E-state index < -0.39 is 0 Å². The van der Waals surface area contributed by atoms with E-state index in [0.717, 1.165) is 34.5 Å². The number of carbonyl (C=O) groups is 1. The Kier molecular flexibility index (Phi) is 5.29. The number of Topliss-reactive ketones (excluding diaryl/α,β-unsaturated/α-hetero) is 1. The highest BCUT2D eigenvalue weighted by atomic mass is 16.1. The SMILES string of the molecule is CCCC(=O)c1ccc(NC(c2ccccc2)c2cn[nH]c2C)cc1. The zero-order valence-corrected chi connectivity index (χ0v) is 14.6. The van der Waals surface area contributed by atoms with Gasteiger partial charge in [-0.1, -0.05) is 37.3 Å². The molecule has 1 aromatic heterocycles. The summed E-state index contributed by atoms with van der Waals surface area (Å²) in [6.45, 7) is 4.04. The molecule has 0 saturated heterocycles. The molecule has 0 bridgehead atoms. The van der Waals surface area contributed by atoms with Gasteiger partial charge in [0.1, 0.15) is 0 Å². The Hall–Kier alpha value is -2.88. The van der Waals surface area contributed by atoms with E-state index in [1.165, 1.54) is 0 Å². The van der Waals surface area contributed by atoms with E-state index in [4.69, 9.17) is 0 Å². The third-order valence-corrected chi connectivity index (χ3v) is 4.31. The maximum absolute atomic E-state index is 12.0. The van der Waals surface area contributed by atoms with Crippen LogP contribution < -0.4 is 5.32 Å². The quantitative estimate of drug-likeness (QED) is 0.604. The topological polar surface area (TPSA) is 57.8 Å². The molecule has 2 aromatic carbocycles. The Morgan fingerprint density at radius 3 is 2.44 bits per heavy atom. The van der Waals surface area contributed by atoms with Gasteiger partial charge in [-0.2, -0.15) is 5.10 Å². The molecular formula is C21H23N3O. The Labute approximate surface area is 148 Å². The molecule has 128 valence electrons. The summed E-state index contributed by atoms with van der Waals surface area (Å²) in [6, 6.07) is 18.0. The zero-order valence-electron chi connectivity index (χ0n) is 14.6. The van der Waals surface area contributed by atoms with E-state index in [9.17, 15) is 4.79 Å². The summed E-state index contributed by atoms with van der Waals surface area (Å²) in [4.78, 5) is 12.0. The van der Waals surface area contributed by atoms with E-state index in [1.807, 2.05) is 62.5 Å². The highest BCUT2D eigenvalue weighted by Gasteiger charge is 2.17. The first-order valence-electron chi connectivity index (χ1n) is 8.63. The fourth-order valence-electron chi connectivity index (χ4n) is 2.93.